The molecular formula is C19H24N2O2S2. The molecule has 0 aliphatic rings. The van der Waals surface area contributed by atoms with Gasteiger partial charge in [0.2, 0.25) is 0 Å². The molecule has 6 heteroatoms. The second-order valence-corrected chi connectivity index (χ2v) is 7.53. The number of anilines is 1. The van der Waals surface area contributed by atoms with Crippen LogP contribution >= 0.6 is 23.6 Å². The van der Waals surface area contributed by atoms with Crippen molar-refractivity contribution < 1.29 is 9.53 Å². The topological polar surface area (TPSA) is 50.4 Å². The van der Waals surface area contributed by atoms with Crippen molar-refractivity contribution in [3.8, 4) is 0 Å². The number of esters is 1. The molecule has 0 radical (unpaired) electrons. The average molecular weight is 377 g/mol. The van der Waals surface area contributed by atoms with E-state index in [0.29, 0.717) is 15.7 Å². The fourth-order valence-corrected chi connectivity index (χ4v) is 4.03. The molecule has 134 valence electrons. The third-order valence-corrected chi connectivity index (χ3v) is 5.42. The zero-order valence-electron chi connectivity index (χ0n) is 15.2. The Hall–Kier alpha value is -1.92. The molecule has 0 bridgehead atoms. The van der Waals surface area contributed by atoms with Crippen LogP contribution in [-0.2, 0) is 11.2 Å². The third-order valence-electron chi connectivity index (χ3n) is 4.00. The van der Waals surface area contributed by atoms with Crippen molar-refractivity contribution in [1.82, 2.24) is 5.32 Å². The summed E-state index contributed by atoms with van der Waals surface area (Å²) in [5.41, 5.74) is 4.18. The number of rotatable bonds is 5. The quantitative estimate of drug-likeness (QED) is 0.582. The van der Waals surface area contributed by atoms with Crippen LogP contribution in [0.4, 0.5) is 5.00 Å². The summed E-state index contributed by atoms with van der Waals surface area (Å²) < 4.78 is 4.86. The van der Waals surface area contributed by atoms with E-state index in [1.807, 2.05) is 6.07 Å². The molecule has 0 spiro atoms. The first kappa shape index (κ1) is 19.4. The molecule has 0 fully saturated rings. The van der Waals surface area contributed by atoms with Crippen LogP contribution < -0.4 is 10.6 Å². The number of carbonyl (C=O) groups is 1. The summed E-state index contributed by atoms with van der Waals surface area (Å²) in [6.07, 6.45) is 0.857. The minimum Gasteiger partial charge on any atom is -0.465 e. The Morgan fingerprint density at radius 3 is 2.64 bits per heavy atom. The Kier molecular flexibility index (Phi) is 6.56. The normalized spacial score (nSPS) is 11.7. The third kappa shape index (κ3) is 4.80. The Morgan fingerprint density at radius 2 is 2.04 bits per heavy atom. The van der Waals surface area contributed by atoms with Gasteiger partial charge in [-0.05, 0) is 56.6 Å². The minimum atomic E-state index is -0.358. The molecule has 0 aliphatic carbocycles. The predicted molar refractivity (Wildman–Crippen MR) is 109 cm³/mol. The van der Waals surface area contributed by atoms with Crippen LogP contribution in [0.15, 0.2) is 24.3 Å². The highest BCUT2D eigenvalue weighted by atomic mass is 32.1. The van der Waals surface area contributed by atoms with Gasteiger partial charge in [0.25, 0.3) is 0 Å². The van der Waals surface area contributed by atoms with Gasteiger partial charge in [0, 0.05) is 4.88 Å². The van der Waals surface area contributed by atoms with Gasteiger partial charge in [-0.1, -0.05) is 30.7 Å². The lowest BCUT2D eigenvalue weighted by Gasteiger charge is -2.19. The van der Waals surface area contributed by atoms with Crippen LogP contribution in [0.1, 0.15) is 51.8 Å². The molecule has 0 unspecified atom stereocenters. The number of methoxy groups -OCH3 is 1. The van der Waals surface area contributed by atoms with Crippen molar-refractivity contribution in [2.24, 2.45) is 0 Å². The monoisotopic (exact) mass is 376 g/mol. The Balaban J connectivity index is 2.12. The summed E-state index contributed by atoms with van der Waals surface area (Å²) in [6.45, 7) is 8.30. The molecule has 0 amide bonds. The number of hydrogen-bond acceptors (Lipinski definition) is 4. The van der Waals surface area contributed by atoms with Gasteiger partial charge < -0.3 is 15.4 Å². The first-order valence-corrected chi connectivity index (χ1v) is 9.43. The fourth-order valence-electron chi connectivity index (χ4n) is 2.70. The molecular weight excluding hydrogens is 352 g/mol. The summed E-state index contributed by atoms with van der Waals surface area (Å²) in [6, 6.07) is 8.29. The molecule has 1 heterocycles. The number of thiophene rings is 1. The van der Waals surface area contributed by atoms with Gasteiger partial charge in [0.1, 0.15) is 5.00 Å². The Morgan fingerprint density at radius 1 is 1.32 bits per heavy atom. The van der Waals surface area contributed by atoms with Crippen molar-refractivity contribution in [2.45, 2.75) is 40.2 Å². The number of benzene rings is 1. The van der Waals surface area contributed by atoms with Crippen molar-refractivity contribution in [3.05, 3.63) is 51.4 Å². The van der Waals surface area contributed by atoms with Crippen LogP contribution in [0.2, 0.25) is 0 Å². The highest BCUT2D eigenvalue weighted by Gasteiger charge is 2.18. The summed E-state index contributed by atoms with van der Waals surface area (Å²) in [7, 11) is 1.38. The highest BCUT2D eigenvalue weighted by molar-refractivity contribution is 7.80. The molecule has 0 saturated carbocycles. The van der Waals surface area contributed by atoms with Crippen LogP contribution in [0, 0.1) is 13.8 Å². The summed E-state index contributed by atoms with van der Waals surface area (Å²) >= 11 is 6.96. The Bertz CT molecular complexity index is 784. The van der Waals surface area contributed by atoms with E-state index < -0.39 is 0 Å². The van der Waals surface area contributed by atoms with Crippen molar-refractivity contribution in [3.63, 3.8) is 0 Å². The van der Waals surface area contributed by atoms with Gasteiger partial charge in [0.15, 0.2) is 5.11 Å². The molecule has 2 rings (SSSR count). The van der Waals surface area contributed by atoms with Crippen molar-refractivity contribution >= 4 is 39.6 Å². The van der Waals surface area contributed by atoms with E-state index in [1.54, 1.807) is 0 Å². The maximum absolute atomic E-state index is 11.9. The first-order valence-electron chi connectivity index (χ1n) is 8.21. The molecule has 2 aromatic rings. The number of nitrogens with one attached hydrogen (secondary N) is 2. The van der Waals surface area contributed by atoms with Gasteiger partial charge in [-0.25, -0.2) is 4.79 Å². The highest BCUT2D eigenvalue weighted by Crippen LogP contribution is 2.29. The predicted octanol–water partition coefficient (Wildman–Crippen LogP) is 4.76. The van der Waals surface area contributed by atoms with Crippen LogP contribution in [0.3, 0.4) is 0 Å². The van der Waals surface area contributed by atoms with Crippen LogP contribution in [0.5, 0.6) is 0 Å². The van der Waals surface area contributed by atoms with E-state index in [-0.39, 0.29) is 12.0 Å². The standard InChI is InChI=1S/C19H24N2O2S2/c1-6-14-10-16(18(22)23-5)17(25-14)21-19(24)20-13(4)15-8-7-11(2)9-12(15)3/h7-10,13H,6H2,1-5H3,(H2,20,21,24)/t13-/m0/s1. The second kappa shape index (κ2) is 8.45. The molecule has 2 N–H and O–H groups in total. The van der Waals surface area contributed by atoms with E-state index in [0.717, 1.165) is 11.3 Å². The maximum Gasteiger partial charge on any atom is 0.340 e. The van der Waals surface area contributed by atoms with E-state index in [4.69, 9.17) is 17.0 Å². The summed E-state index contributed by atoms with van der Waals surface area (Å²) in [5, 5.41) is 7.65. The Labute approximate surface area is 158 Å². The molecule has 0 saturated heterocycles. The zero-order valence-corrected chi connectivity index (χ0v) is 16.9. The molecule has 1 aromatic carbocycles. The number of ether oxygens (including phenoxy) is 1. The van der Waals surface area contributed by atoms with Crippen LogP contribution in [0.25, 0.3) is 0 Å². The van der Waals surface area contributed by atoms with E-state index >= 15 is 0 Å². The van der Waals surface area contributed by atoms with E-state index in [1.165, 1.54) is 35.1 Å². The molecule has 25 heavy (non-hydrogen) atoms. The minimum absolute atomic E-state index is 0.0628. The lowest BCUT2D eigenvalue weighted by atomic mass is 10.0. The van der Waals surface area contributed by atoms with Gasteiger partial charge in [-0.2, -0.15) is 0 Å². The average Bonchev–Trinajstić information content (AvgIpc) is 2.96. The lowest BCUT2D eigenvalue weighted by Crippen LogP contribution is -2.31. The largest absolute Gasteiger partial charge is 0.465 e. The second-order valence-electron chi connectivity index (χ2n) is 5.98. The van der Waals surface area contributed by atoms with E-state index in [9.17, 15) is 4.79 Å². The summed E-state index contributed by atoms with van der Waals surface area (Å²) in [4.78, 5) is 13.1. The molecule has 1 atom stereocenters. The SMILES string of the molecule is CCc1cc(C(=O)OC)c(NC(=S)N[C@@H](C)c2ccc(C)cc2C)s1. The molecule has 4 nitrogen and oxygen atoms in total. The van der Waals surface area contributed by atoms with Crippen molar-refractivity contribution in [2.75, 3.05) is 12.4 Å². The number of aryl methyl sites for hydroxylation is 3. The zero-order chi connectivity index (χ0) is 18.6. The molecule has 1 aromatic heterocycles. The van der Waals surface area contributed by atoms with E-state index in [2.05, 4.69) is 56.5 Å². The summed E-state index contributed by atoms with van der Waals surface area (Å²) in [5.74, 6) is -0.358. The fraction of sp³-hybridized carbons (Fsp3) is 0.368. The number of hydrogen-bond donors (Lipinski definition) is 2. The van der Waals surface area contributed by atoms with Gasteiger partial charge in [0.05, 0.1) is 18.7 Å². The lowest BCUT2D eigenvalue weighted by molar-refractivity contribution is 0.0602. The van der Waals surface area contributed by atoms with Gasteiger partial charge in [-0.15, -0.1) is 11.3 Å². The smallest absolute Gasteiger partial charge is 0.340 e. The first-order chi connectivity index (χ1) is 11.8. The van der Waals surface area contributed by atoms with Gasteiger partial charge >= 0.3 is 5.97 Å². The van der Waals surface area contributed by atoms with Crippen molar-refractivity contribution in [1.29, 1.82) is 0 Å². The van der Waals surface area contributed by atoms with Crippen LogP contribution in [-0.4, -0.2) is 18.2 Å². The number of thiocarbonyl (C=S) groups is 1. The maximum atomic E-state index is 11.9. The number of carbonyl (C=O) groups excluding carboxylic acids is 1. The molecule has 0 aliphatic heterocycles. The van der Waals surface area contributed by atoms with Gasteiger partial charge in [-0.3, -0.25) is 0 Å².